The average molecular weight is 728 g/mol. The van der Waals surface area contributed by atoms with E-state index in [0.717, 1.165) is 34.9 Å². The van der Waals surface area contributed by atoms with E-state index < -0.39 is 51.6 Å². The molecule has 1 unspecified atom stereocenters. The maximum atomic E-state index is 14.8. The van der Waals surface area contributed by atoms with E-state index in [1.54, 1.807) is 11.8 Å². The van der Waals surface area contributed by atoms with Gasteiger partial charge in [-0.2, -0.15) is 13.2 Å². The molecule has 0 radical (unpaired) electrons. The van der Waals surface area contributed by atoms with Crippen LogP contribution in [-0.2, 0) is 17.5 Å². The monoisotopic (exact) mass is 727 g/mol. The molecule has 3 saturated carbocycles. The summed E-state index contributed by atoms with van der Waals surface area (Å²) in [4.78, 5) is 30.1. The van der Waals surface area contributed by atoms with Gasteiger partial charge in [0.05, 0.1) is 30.4 Å². The molecule has 0 saturated heterocycles. The highest BCUT2D eigenvalue weighted by Crippen LogP contribution is 2.78. The first-order chi connectivity index (χ1) is 25.1. The summed E-state index contributed by atoms with van der Waals surface area (Å²) < 4.78 is 47.3. The van der Waals surface area contributed by atoms with E-state index in [1.807, 2.05) is 48.5 Å². The molecule has 6 aliphatic rings. The number of hydrogen-bond donors (Lipinski definition) is 2. The zero-order chi connectivity index (χ0) is 37.6. The number of aliphatic hydroxyl groups is 2. The minimum Gasteiger partial charge on any atom is -0.450 e. The van der Waals surface area contributed by atoms with Gasteiger partial charge in [-0.05, 0) is 97.6 Å². The first-order valence-corrected chi connectivity index (χ1v) is 19.1. The molecule has 6 aliphatic carbocycles. The van der Waals surface area contributed by atoms with Crippen LogP contribution in [0.4, 0.5) is 18.0 Å². The molecule has 0 heterocycles. The lowest BCUT2D eigenvalue weighted by atomic mass is 9.32. The predicted molar refractivity (Wildman–Crippen MR) is 196 cm³/mol. The summed E-state index contributed by atoms with van der Waals surface area (Å²) in [6, 6.07) is 18.6. The third-order valence-corrected chi connectivity index (χ3v) is 14.6. The SMILES string of the molecule is CCOC(=O)N(Cc1cccc2ccccc12)C[C@]1(O)CC[C@H]2[C@]34C=C[C@@]5(C=C3C(=O)c3cccc(C(F)(F)F)c3)CC(O)CC[C@]5(C)[C@H]4CC[C@@]21C. The zero-order valence-electron chi connectivity index (χ0n) is 30.6. The summed E-state index contributed by atoms with van der Waals surface area (Å²) in [6.07, 6.45) is 4.76. The number of rotatable bonds is 7. The Bertz CT molecular complexity index is 2040. The lowest BCUT2D eigenvalue weighted by Crippen LogP contribution is -2.67. The Labute approximate surface area is 308 Å². The van der Waals surface area contributed by atoms with E-state index in [1.165, 1.54) is 12.1 Å². The Hall–Kier alpha value is -3.95. The van der Waals surface area contributed by atoms with Gasteiger partial charge < -0.3 is 19.8 Å². The fourth-order valence-electron chi connectivity index (χ4n) is 11.9. The molecule has 0 aliphatic heterocycles. The summed E-state index contributed by atoms with van der Waals surface area (Å²) in [6.45, 7) is 6.55. The summed E-state index contributed by atoms with van der Waals surface area (Å²) >= 11 is 0. The number of amides is 1. The van der Waals surface area contributed by atoms with Crippen LogP contribution in [0.3, 0.4) is 0 Å². The minimum absolute atomic E-state index is 0.0151. The van der Waals surface area contributed by atoms with Crippen molar-refractivity contribution in [2.24, 2.45) is 33.5 Å². The quantitative estimate of drug-likeness (QED) is 0.187. The van der Waals surface area contributed by atoms with Crippen molar-refractivity contribution < 1.29 is 37.7 Å². The van der Waals surface area contributed by atoms with Crippen molar-refractivity contribution in [2.45, 2.75) is 90.1 Å². The number of hydrogen-bond acceptors (Lipinski definition) is 5. The second-order valence-electron chi connectivity index (χ2n) is 16.9. The molecule has 0 aromatic heterocycles. The summed E-state index contributed by atoms with van der Waals surface area (Å²) in [5.74, 6) is -0.699. The van der Waals surface area contributed by atoms with Crippen LogP contribution in [0.5, 0.6) is 0 Å². The number of fused-ring (bicyclic) bond motifs is 2. The molecule has 1 amide bonds. The third-order valence-electron chi connectivity index (χ3n) is 14.6. The number of allylic oxidation sites excluding steroid dienone is 4. The number of halogens is 3. The summed E-state index contributed by atoms with van der Waals surface area (Å²) in [7, 11) is 0. The van der Waals surface area contributed by atoms with Gasteiger partial charge in [-0.3, -0.25) is 4.79 Å². The van der Waals surface area contributed by atoms with E-state index in [0.29, 0.717) is 44.1 Å². The fraction of sp³-hybridized carbons (Fsp3) is 0.500. The molecule has 6 nitrogen and oxygen atoms in total. The molecule has 8 atom stereocenters. The first kappa shape index (κ1) is 36.0. The van der Waals surface area contributed by atoms with Crippen molar-refractivity contribution >= 4 is 22.6 Å². The van der Waals surface area contributed by atoms with Gasteiger partial charge in [0.1, 0.15) is 0 Å². The van der Waals surface area contributed by atoms with Crippen LogP contribution in [0.2, 0.25) is 0 Å². The Morgan fingerprint density at radius 3 is 2.38 bits per heavy atom. The van der Waals surface area contributed by atoms with Gasteiger partial charge in [0.2, 0.25) is 0 Å². The van der Waals surface area contributed by atoms with Crippen molar-refractivity contribution in [2.75, 3.05) is 13.2 Å². The van der Waals surface area contributed by atoms with Crippen LogP contribution in [0.25, 0.3) is 10.8 Å². The average Bonchev–Trinajstić information content (AvgIpc) is 3.40. The second-order valence-corrected chi connectivity index (χ2v) is 16.9. The zero-order valence-corrected chi connectivity index (χ0v) is 30.6. The van der Waals surface area contributed by atoms with Crippen molar-refractivity contribution in [1.82, 2.24) is 4.90 Å². The number of ether oxygens (including phenoxy) is 1. The highest BCUT2D eigenvalue weighted by atomic mass is 19.4. The van der Waals surface area contributed by atoms with Crippen molar-refractivity contribution in [3.63, 3.8) is 0 Å². The molecule has 3 aromatic carbocycles. The highest BCUT2D eigenvalue weighted by molar-refractivity contribution is 6.10. The third kappa shape index (κ3) is 5.20. The Morgan fingerprint density at radius 2 is 1.60 bits per heavy atom. The number of aliphatic hydroxyl groups excluding tert-OH is 1. The Morgan fingerprint density at radius 1 is 0.906 bits per heavy atom. The Kier molecular flexibility index (Phi) is 8.36. The fourth-order valence-corrected chi connectivity index (χ4v) is 11.9. The molecule has 2 N–H and O–H groups in total. The number of ketones is 1. The topological polar surface area (TPSA) is 87.1 Å². The van der Waals surface area contributed by atoms with Gasteiger partial charge >= 0.3 is 12.3 Å². The van der Waals surface area contributed by atoms with Crippen LogP contribution >= 0.6 is 0 Å². The van der Waals surface area contributed by atoms with Crippen LogP contribution in [0.1, 0.15) is 87.2 Å². The van der Waals surface area contributed by atoms with Gasteiger partial charge in [0.25, 0.3) is 0 Å². The maximum Gasteiger partial charge on any atom is 0.416 e. The molecular formula is C44H48F3NO5. The van der Waals surface area contributed by atoms with Gasteiger partial charge in [-0.15, -0.1) is 0 Å². The number of carbonyl (C=O) groups excluding carboxylic acids is 2. The van der Waals surface area contributed by atoms with E-state index in [2.05, 4.69) is 26.0 Å². The predicted octanol–water partition coefficient (Wildman–Crippen LogP) is 9.29. The van der Waals surface area contributed by atoms with Crippen molar-refractivity contribution in [1.29, 1.82) is 0 Å². The molecule has 3 aromatic rings. The molecule has 2 spiro atoms. The van der Waals surface area contributed by atoms with Crippen LogP contribution in [-0.4, -0.2) is 51.8 Å². The number of alkyl halides is 3. The summed E-state index contributed by atoms with van der Waals surface area (Å²) in [5, 5.41) is 26.0. The van der Waals surface area contributed by atoms with E-state index in [-0.39, 0.29) is 42.5 Å². The molecule has 3 fully saturated rings. The van der Waals surface area contributed by atoms with Gasteiger partial charge in [0, 0.05) is 33.9 Å². The lowest BCUT2D eigenvalue weighted by molar-refractivity contribution is -0.175. The number of Topliss-reactive ketones (excluding diaryl/α,β-unsaturated/α-hetero) is 1. The molecule has 2 bridgehead atoms. The van der Waals surface area contributed by atoms with E-state index in [4.69, 9.17) is 4.74 Å². The van der Waals surface area contributed by atoms with Crippen molar-refractivity contribution in [3.05, 3.63) is 107 Å². The Balaban J connectivity index is 1.21. The van der Waals surface area contributed by atoms with Crippen LogP contribution in [0, 0.1) is 33.5 Å². The smallest absolute Gasteiger partial charge is 0.416 e. The van der Waals surface area contributed by atoms with Gasteiger partial charge in [-0.1, -0.05) is 86.7 Å². The van der Waals surface area contributed by atoms with Gasteiger partial charge in [0.15, 0.2) is 5.78 Å². The lowest BCUT2D eigenvalue weighted by Gasteiger charge is -2.71. The standard InChI is InChI=1S/C44H48F3NO5/c1-4-53-38(51)48(26-30-12-7-10-28-9-5-6-14-33(28)30)27-42(52)20-17-36-40(42,3)19-16-35-39(2)18-15-32(49)24-41(39)21-22-43(35,36)34(25-41)37(50)29-11-8-13-31(23-29)44(45,46)47/h5-14,21-23,25,32,35-36,49,52H,4,15-20,24,26-27H2,1-3H3/t32?,35-,36-,39-,40+,41+,42-,43-/m1/s1. The number of carbonyl (C=O) groups is 2. The highest BCUT2D eigenvalue weighted by Gasteiger charge is 2.74. The summed E-state index contributed by atoms with van der Waals surface area (Å²) in [5.41, 5.74) is -3.35. The number of nitrogens with zero attached hydrogens (tertiary/aromatic N) is 1. The first-order valence-electron chi connectivity index (χ1n) is 19.1. The molecule has 53 heavy (non-hydrogen) atoms. The van der Waals surface area contributed by atoms with Crippen LogP contribution < -0.4 is 0 Å². The van der Waals surface area contributed by atoms with Crippen LogP contribution in [0.15, 0.2) is 90.5 Å². The number of benzene rings is 3. The molecular weight excluding hydrogens is 679 g/mol. The molecule has 9 rings (SSSR count). The normalized spacial score (nSPS) is 35.6. The largest absolute Gasteiger partial charge is 0.450 e. The van der Waals surface area contributed by atoms with E-state index >= 15 is 0 Å². The van der Waals surface area contributed by atoms with Gasteiger partial charge in [-0.25, -0.2) is 4.79 Å². The molecule has 9 heteroatoms. The van der Waals surface area contributed by atoms with E-state index in [9.17, 15) is 33.0 Å². The second kappa shape index (κ2) is 12.3. The minimum atomic E-state index is -4.61. The van der Waals surface area contributed by atoms with Crippen molar-refractivity contribution in [3.8, 4) is 0 Å². The molecule has 280 valence electrons. The maximum absolute atomic E-state index is 14.8.